The van der Waals surface area contributed by atoms with Gasteiger partial charge in [0.1, 0.15) is 0 Å². The van der Waals surface area contributed by atoms with Crippen molar-refractivity contribution < 1.29 is 18.3 Å². The van der Waals surface area contributed by atoms with E-state index in [2.05, 4.69) is 0 Å². The summed E-state index contributed by atoms with van der Waals surface area (Å²) in [5.74, 6) is -3.50. The lowest BCUT2D eigenvalue weighted by Crippen LogP contribution is -2.26. The SMILES string of the molecule is CCOC(=O)C1=C(c2ccc(Cl)cc2)CCC(F)(F)C1. The maximum absolute atomic E-state index is 13.5. The van der Waals surface area contributed by atoms with E-state index in [1.165, 1.54) is 0 Å². The van der Waals surface area contributed by atoms with Crippen molar-refractivity contribution in [1.29, 1.82) is 0 Å². The van der Waals surface area contributed by atoms with Crippen LogP contribution in [0.1, 0.15) is 31.7 Å². The first-order valence-electron chi connectivity index (χ1n) is 6.46. The van der Waals surface area contributed by atoms with Crippen LogP contribution in [0.5, 0.6) is 0 Å². The maximum atomic E-state index is 13.5. The van der Waals surface area contributed by atoms with Crippen LogP contribution < -0.4 is 0 Å². The van der Waals surface area contributed by atoms with Crippen LogP contribution in [0, 0.1) is 0 Å². The molecule has 0 unspecified atom stereocenters. The number of carbonyl (C=O) groups excluding carboxylic acids is 1. The van der Waals surface area contributed by atoms with Gasteiger partial charge in [0.2, 0.25) is 0 Å². The number of halogens is 3. The molecule has 0 fully saturated rings. The Kier molecular flexibility index (Phi) is 4.43. The molecule has 2 nitrogen and oxygen atoms in total. The van der Waals surface area contributed by atoms with Crippen molar-refractivity contribution in [3.05, 3.63) is 40.4 Å². The van der Waals surface area contributed by atoms with E-state index >= 15 is 0 Å². The van der Waals surface area contributed by atoms with E-state index < -0.39 is 18.3 Å². The van der Waals surface area contributed by atoms with Crippen molar-refractivity contribution >= 4 is 23.1 Å². The van der Waals surface area contributed by atoms with E-state index in [0.29, 0.717) is 10.6 Å². The lowest BCUT2D eigenvalue weighted by molar-refractivity contribution is -0.140. The highest BCUT2D eigenvalue weighted by atomic mass is 35.5. The van der Waals surface area contributed by atoms with Gasteiger partial charge in [-0.1, -0.05) is 23.7 Å². The molecule has 0 bridgehead atoms. The average molecular weight is 301 g/mol. The number of allylic oxidation sites excluding steroid dienone is 1. The fourth-order valence-electron chi connectivity index (χ4n) is 2.30. The molecular formula is C15H15ClF2O2. The standard InChI is InChI=1S/C15H15ClF2O2/c1-2-20-14(19)13-9-15(17,18)8-7-12(13)10-3-5-11(16)6-4-10/h3-6H,2,7-9H2,1H3. The van der Waals surface area contributed by atoms with Crippen molar-refractivity contribution in [2.45, 2.75) is 32.1 Å². The quantitative estimate of drug-likeness (QED) is 0.770. The molecule has 5 heteroatoms. The molecule has 0 aromatic heterocycles. The van der Waals surface area contributed by atoms with Crippen LogP contribution in [-0.4, -0.2) is 18.5 Å². The van der Waals surface area contributed by atoms with E-state index in [1.54, 1.807) is 31.2 Å². The van der Waals surface area contributed by atoms with Gasteiger partial charge in [-0.2, -0.15) is 0 Å². The average Bonchev–Trinajstić information content (AvgIpc) is 2.39. The Morgan fingerprint density at radius 1 is 1.35 bits per heavy atom. The summed E-state index contributed by atoms with van der Waals surface area (Å²) in [6.45, 7) is 1.82. The lowest BCUT2D eigenvalue weighted by Gasteiger charge is -2.26. The molecule has 0 heterocycles. The molecule has 0 atom stereocenters. The monoisotopic (exact) mass is 300 g/mol. The van der Waals surface area contributed by atoms with Gasteiger partial charge in [0.05, 0.1) is 6.61 Å². The van der Waals surface area contributed by atoms with Gasteiger partial charge in [0.25, 0.3) is 5.92 Å². The Labute approximate surface area is 121 Å². The first-order valence-corrected chi connectivity index (χ1v) is 6.83. The Balaban J connectivity index is 2.42. The van der Waals surface area contributed by atoms with Crippen LogP contribution in [-0.2, 0) is 9.53 Å². The van der Waals surface area contributed by atoms with Gasteiger partial charge < -0.3 is 4.74 Å². The van der Waals surface area contributed by atoms with Gasteiger partial charge in [-0.3, -0.25) is 0 Å². The Hall–Kier alpha value is -1.42. The Bertz CT molecular complexity index is 535. The van der Waals surface area contributed by atoms with Crippen molar-refractivity contribution in [3.63, 3.8) is 0 Å². The third kappa shape index (κ3) is 3.37. The molecule has 108 valence electrons. The molecule has 0 saturated carbocycles. The van der Waals surface area contributed by atoms with Crippen LogP contribution in [0.2, 0.25) is 5.02 Å². The molecule has 1 aliphatic carbocycles. The summed E-state index contributed by atoms with van der Waals surface area (Å²) in [6, 6.07) is 6.83. The number of ether oxygens (including phenoxy) is 1. The molecule has 0 radical (unpaired) electrons. The predicted molar refractivity (Wildman–Crippen MR) is 73.8 cm³/mol. The van der Waals surface area contributed by atoms with Crippen LogP contribution in [0.4, 0.5) is 8.78 Å². The molecule has 2 rings (SSSR count). The predicted octanol–water partition coefficient (Wildman–Crippen LogP) is 4.48. The second-order valence-electron chi connectivity index (χ2n) is 4.72. The molecular weight excluding hydrogens is 286 g/mol. The van der Waals surface area contributed by atoms with Crippen molar-refractivity contribution in [1.82, 2.24) is 0 Å². The van der Waals surface area contributed by atoms with Crippen molar-refractivity contribution in [2.75, 3.05) is 6.61 Å². The summed E-state index contributed by atoms with van der Waals surface area (Å²) < 4.78 is 32.0. The zero-order chi connectivity index (χ0) is 14.8. The zero-order valence-electron chi connectivity index (χ0n) is 11.1. The van der Waals surface area contributed by atoms with E-state index in [0.717, 1.165) is 5.56 Å². The number of hydrogen-bond donors (Lipinski definition) is 0. The molecule has 1 aromatic rings. The smallest absolute Gasteiger partial charge is 0.334 e. The summed E-state index contributed by atoms with van der Waals surface area (Å²) in [5.41, 5.74) is 1.45. The van der Waals surface area contributed by atoms with Crippen LogP contribution >= 0.6 is 11.6 Å². The first kappa shape index (κ1) is 15.0. The fourth-order valence-corrected chi connectivity index (χ4v) is 2.42. The Morgan fingerprint density at radius 3 is 2.60 bits per heavy atom. The number of hydrogen-bond acceptors (Lipinski definition) is 2. The molecule has 0 amide bonds. The van der Waals surface area contributed by atoms with Crippen molar-refractivity contribution in [3.8, 4) is 0 Å². The molecule has 1 aliphatic rings. The highest BCUT2D eigenvalue weighted by Gasteiger charge is 2.38. The summed E-state index contributed by atoms with van der Waals surface area (Å²) in [6.07, 6.45) is -0.666. The van der Waals surface area contributed by atoms with Gasteiger partial charge in [-0.05, 0) is 36.6 Å². The summed E-state index contributed by atoms with van der Waals surface area (Å²) >= 11 is 5.82. The zero-order valence-corrected chi connectivity index (χ0v) is 11.8. The van der Waals surface area contributed by atoms with E-state index in [1.807, 2.05) is 0 Å². The summed E-state index contributed by atoms with van der Waals surface area (Å²) in [5, 5.41) is 0.563. The fraction of sp³-hybridized carbons (Fsp3) is 0.400. The minimum absolute atomic E-state index is 0.0745. The number of rotatable bonds is 3. The van der Waals surface area contributed by atoms with Gasteiger partial charge >= 0.3 is 5.97 Å². The molecule has 1 aromatic carbocycles. The second kappa shape index (κ2) is 5.92. The molecule has 20 heavy (non-hydrogen) atoms. The van der Waals surface area contributed by atoms with Gasteiger partial charge in [-0.25, -0.2) is 13.6 Å². The number of carbonyl (C=O) groups is 1. The van der Waals surface area contributed by atoms with E-state index in [-0.39, 0.29) is 25.0 Å². The number of benzene rings is 1. The normalized spacial score (nSPS) is 18.0. The highest BCUT2D eigenvalue weighted by Crippen LogP contribution is 2.41. The minimum atomic E-state index is -2.85. The molecule has 0 N–H and O–H groups in total. The van der Waals surface area contributed by atoms with Gasteiger partial charge in [-0.15, -0.1) is 0 Å². The topological polar surface area (TPSA) is 26.3 Å². The van der Waals surface area contributed by atoms with Crippen molar-refractivity contribution in [2.24, 2.45) is 0 Å². The van der Waals surface area contributed by atoms with Crippen LogP contribution in [0.3, 0.4) is 0 Å². The Morgan fingerprint density at radius 2 is 2.00 bits per heavy atom. The first-order chi connectivity index (χ1) is 9.43. The third-order valence-electron chi connectivity index (χ3n) is 3.25. The largest absolute Gasteiger partial charge is 0.463 e. The van der Waals surface area contributed by atoms with Gasteiger partial charge in [0, 0.05) is 23.4 Å². The molecule has 0 saturated heterocycles. The summed E-state index contributed by atoms with van der Waals surface area (Å²) in [4.78, 5) is 11.9. The molecule has 0 spiro atoms. The molecule has 0 aliphatic heterocycles. The maximum Gasteiger partial charge on any atom is 0.334 e. The van der Waals surface area contributed by atoms with E-state index in [9.17, 15) is 13.6 Å². The number of alkyl halides is 2. The lowest BCUT2D eigenvalue weighted by atomic mass is 9.85. The van der Waals surface area contributed by atoms with E-state index in [4.69, 9.17) is 16.3 Å². The highest BCUT2D eigenvalue weighted by molar-refractivity contribution is 6.30. The number of esters is 1. The summed E-state index contributed by atoms with van der Waals surface area (Å²) in [7, 11) is 0. The van der Waals surface area contributed by atoms with Gasteiger partial charge in [0.15, 0.2) is 0 Å². The van der Waals surface area contributed by atoms with Crippen LogP contribution in [0.15, 0.2) is 29.8 Å². The van der Waals surface area contributed by atoms with Crippen LogP contribution in [0.25, 0.3) is 5.57 Å². The second-order valence-corrected chi connectivity index (χ2v) is 5.15. The third-order valence-corrected chi connectivity index (χ3v) is 3.51. The minimum Gasteiger partial charge on any atom is -0.463 e.